The van der Waals surface area contributed by atoms with Crippen LogP contribution in [0.3, 0.4) is 0 Å². The molecule has 1 aliphatic heterocycles. The number of nitrogens with one attached hydrogen (secondary N) is 1. The molecule has 3 nitrogen and oxygen atoms in total. The lowest BCUT2D eigenvalue weighted by atomic mass is 9.78. The molecule has 0 aromatic rings. The Kier molecular flexibility index (Phi) is 5.46. The fourth-order valence-corrected chi connectivity index (χ4v) is 3.23. The van der Waals surface area contributed by atoms with Crippen molar-refractivity contribution in [3.05, 3.63) is 0 Å². The summed E-state index contributed by atoms with van der Waals surface area (Å²) >= 11 is 0. The van der Waals surface area contributed by atoms with E-state index in [1.165, 1.54) is 38.8 Å². The minimum Gasteiger partial charge on any atom is -0.381 e. The number of rotatable bonds is 6. The summed E-state index contributed by atoms with van der Waals surface area (Å²) < 4.78 is 5.44. The van der Waals surface area contributed by atoms with Crippen molar-refractivity contribution >= 4 is 0 Å². The summed E-state index contributed by atoms with van der Waals surface area (Å²) in [5, 5.41) is 3.59. The Balaban J connectivity index is 1.69. The molecule has 0 radical (unpaired) electrons. The first-order valence-electron chi connectivity index (χ1n) is 7.68. The van der Waals surface area contributed by atoms with Crippen LogP contribution in [0, 0.1) is 11.8 Å². The zero-order valence-corrected chi connectivity index (χ0v) is 12.3. The SMILES string of the molecule is CC(C)NCC1CCC1N(C)CC1CCOCC1. The van der Waals surface area contributed by atoms with E-state index in [0.29, 0.717) is 6.04 Å². The molecule has 18 heavy (non-hydrogen) atoms. The second-order valence-electron chi connectivity index (χ2n) is 6.46. The fourth-order valence-electron chi connectivity index (χ4n) is 3.23. The quantitative estimate of drug-likeness (QED) is 0.786. The average Bonchev–Trinajstić information content (AvgIpc) is 2.28. The number of ether oxygens (including phenoxy) is 1. The van der Waals surface area contributed by atoms with E-state index in [0.717, 1.165) is 31.1 Å². The molecule has 3 heteroatoms. The Bertz CT molecular complexity index is 239. The first kappa shape index (κ1) is 14.3. The molecule has 0 bridgehead atoms. The lowest BCUT2D eigenvalue weighted by molar-refractivity contribution is 0.0263. The molecular weight excluding hydrogens is 224 g/mol. The maximum absolute atomic E-state index is 5.44. The van der Waals surface area contributed by atoms with Gasteiger partial charge in [0, 0.05) is 31.8 Å². The van der Waals surface area contributed by atoms with Crippen LogP contribution in [0.15, 0.2) is 0 Å². The first-order valence-corrected chi connectivity index (χ1v) is 7.68. The zero-order valence-electron chi connectivity index (χ0n) is 12.3. The van der Waals surface area contributed by atoms with E-state index in [1.54, 1.807) is 0 Å². The van der Waals surface area contributed by atoms with Gasteiger partial charge in [-0.15, -0.1) is 0 Å². The van der Waals surface area contributed by atoms with Crippen LogP contribution < -0.4 is 5.32 Å². The highest BCUT2D eigenvalue weighted by Crippen LogP contribution is 2.32. The minimum atomic E-state index is 0.618. The van der Waals surface area contributed by atoms with Gasteiger partial charge >= 0.3 is 0 Å². The highest BCUT2D eigenvalue weighted by molar-refractivity contribution is 4.90. The molecule has 2 unspecified atom stereocenters. The summed E-state index contributed by atoms with van der Waals surface area (Å²) in [6.45, 7) is 8.88. The van der Waals surface area contributed by atoms with E-state index >= 15 is 0 Å². The molecule has 0 aromatic heterocycles. The molecule has 1 saturated heterocycles. The lowest BCUT2D eigenvalue weighted by Gasteiger charge is -2.44. The largest absolute Gasteiger partial charge is 0.381 e. The van der Waals surface area contributed by atoms with Gasteiger partial charge in [-0.25, -0.2) is 0 Å². The first-order chi connectivity index (χ1) is 8.66. The molecular formula is C15H30N2O. The minimum absolute atomic E-state index is 0.618. The van der Waals surface area contributed by atoms with Gasteiger partial charge in [0.1, 0.15) is 0 Å². The van der Waals surface area contributed by atoms with Crippen molar-refractivity contribution in [3.63, 3.8) is 0 Å². The molecule has 2 atom stereocenters. The lowest BCUT2D eigenvalue weighted by Crippen LogP contribution is -2.51. The second kappa shape index (κ2) is 6.88. The highest BCUT2D eigenvalue weighted by atomic mass is 16.5. The summed E-state index contributed by atoms with van der Waals surface area (Å²) in [4.78, 5) is 2.62. The molecule has 0 spiro atoms. The van der Waals surface area contributed by atoms with Crippen LogP contribution in [0.4, 0.5) is 0 Å². The van der Waals surface area contributed by atoms with Crippen LogP contribution in [-0.4, -0.2) is 50.3 Å². The summed E-state index contributed by atoms with van der Waals surface area (Å²) in [6.07, 6.45) is 5.31. The van der Waals surface area contributed by atoms with Crippen molar-refractivity contribution in [3.8, 4) is 0 Å². The predicted octanol–water partition coefficient (Wildman–Crippen LogP) is 2.12. The third-order valence-corrected chi connectivity index (χ3v) is 4.62. The molecule has 0 amide bonds. The molecule has 1 saturated carbocycles. The number of hydrogen-bond acceptors (Lipinski definition) is 3. The van der Waals surface area contributed by atoms with E-state index < -0.39 is 0 Å². The predicted molar refractivity (Wildman–Crippen MR) is 75.8 cm³/mol. The zero-order chi connectivity index (χ0) is 13.0. The molecule has 0 aromatic carbocycles. The summed E-state index contributed by atoms with van der Waals surface area (Å²) in [7, 11) is 2.32. The summed E-state index contributed by atoms with van der Waals surface area (Å²) in [5.74, 6) is 1.74. The van der Waals surface area contributed by atoms with Gasteiger partial charge in [0.2, 0.25) is 0 Å². The Morgan fingerprint density at radius 3 is 2.44 bits per heavy atom. The second-order valence-corrected chi connectivity index (χ2v) is 6.46. The van der Waals surface area contributed by atoms with Crippen LogP contribution >= 0.6 is 0 Å². The molecule has 106 valence electrons. The van der Waals surface area contributed by atoms with E-state index in [1.807, 2.05) is 0 Å². The monoisotopic (exact) mass is 254 g/mol. The molecule has 1 aliphatic carbocycles. The van der Waals surface area contributed by atoms with Gasteiger partial charge in [0.05, 0.1) is 0 Å². The Labute approximate surface area is 112 Å². The van der Waals surface area contributed by atoms with Gasteiger partial charge in [-0.2, -0.15) is 0 Å². The number of nitrogens with zero attached hydrogens (tertiary/aromatic N) is 1. The van der Waals surface area contributed by atoms with Crippen molar-refractivity contribution in [1.29, 1.82) is 0 Å². The smallest absolute Gasteiger partial charge is 0.0469 e. The van der Waals surface area contributed by atoms with Crippen LogP contribution in [0.5, 0.6) is 0 Å². The van der Waals surface area contributed by atoms with Crippen LogP contribution in [-0.2, 0) is 4.74 Å². The third-order valence-electron chi connectivity index (χ3n) is 4.62. The Morgan fingerprint density at radius 2 is 1.89 bits per heavy atom. The van der Waals surface area contributed by atoms with E-state index in [4.69, 9.17) is 4.74 Å². The highest BCUT2D eigenvalue weighted by Gasteiger charge is 2.34. The maximum Gasteiger partial charge on any atom is 0.0469 e. The fraction of sp³-hybridized carbons (Fsp3) is 1.00. The third kappa shape index (κ3) is 3.94. The Hall–Kier alpha value is -0.120. The topological polar surface area (TPSA) is 24.5 Å². The number of hydrogen-bond donors (Lipinski definition) is 1. The summed E-state index contributed by atoms with van der Waals surface area (Å²) in [6, 6.07) is 1.44. The average molecular weight is 254 g/mol. The van der Waals surface area contributed by atoms with Crippen molar-refractivity contribution in [1.82, 2.24) is 10.2 Å². The van der Waals surface area contributed by atoms with Gasteiger partial charge in [-0.3, -0.25) is 0 Å². The standard InChI is InChI=1S/C15H30N2O/c1-12(2)16-10-14-4-5-15(14)17(3)11-13-6-8-18-9-7-13/h12-16H,4-11H2,1-3H3. The molecule has 2 aliphatic rings. The summed E-state index contributed by atoms with van der Waals surface area (Å²) in [5.41, 5.74) is 0. The van der Waals surface area contributed by atoms with Gasteiger partial charge < -0.3 is 15.0 Å². The maximum atomic E-state index is 5.44. The van der Waals surface area contributed by atoms with E-state index in [9.17, 15) is 0 Å². The Morgan fingerprint density at radius 1 is 1.17 bits per heavy atom. The van der Waals surface area contributed by atoms with E-state index in [-0.39, 0.29) is 0 Å². The van der Waals surface area contributed by atoms with Gasteiger partial charge in [-0.1, -0.05) is 13.8 Å². The van der Waals surface area contributed by atoms with Crippen LogP contribution in [0.1, 0.15) is 39.5 Å². The van der Waals surface area contributed by atoms with Crippen LogP contribution in [0.2, 0.25) is 0 Å². The normalized spacial score (nSPS) is 29.8. The van der Waals surface area contributed by atoms with Crippen molar-refractivity contribution in [2.24, 2.45) is 11.8 Å². The van der Waals surface area contributed by atoms with Gasteiger partial charge in [0.25, 0.3) is 0 Å². The van der Waals surface area contributed by atoms with Gasteiger partial charge in [-0.05, 0) is 51.1 Å². The van der Waals surface area contributed by atoms with Crippen LogP contribution in [0.25, 0.3) is 0 Å². The van der Waals surface area contributed by atoms with Crippen molar-refractivity contribution in [2.75, 3.05) is 33.4 Å². The molecule has 2 rings (SSSR count). The van der Waals surface area contributed by atoms with E-state index in [2.05, 4.69) is 31.1 Å². The van der Waals surface area contributed by atoms with Gasteiger partial charge in [0.15, 0.2) is 0 Å². The van der Waals surface area contributed by atoms with Crippen molar-refractivity contribution < 1.29 is 4.74 Å². The van der Waals surface area contributed by atoms with Crippen molar-refractivity contribution in [2.45, 2.75) is 51.6 Å². The molecule has 1 heterocycles. The molecule has 2 fully saturated rings. The molecule has 1 N–H and O–H groups in total.